The van der Waals surface area contributed by atoms with Crippen LogP contribution in [0.15, 0.2) is 36.9 Å². The molecule has 0 aromatic heterocycles. The summed E-state index contributed by atoms with van der Waals surface area (Å²) in [7, 11) is 1.60. The number of carbonyl (C=O) groups is 3. The highest BCUT2D eigenvalue weighted by atomic mass is 35.5. The molecule has 3 amide bonds. The molecule has 0 aliphatic carbocycles. The fourth-order valence-electron chi connectivity index (χ4n) is 2.78. The summed E-state index contributed by atoms with van der Waals surface area (Å²) < 4.78 is 0. The number of likely N-dealkylation sites (N-methyl/N-ethyl adjacent to an activating group) is 1. The van der Waals surface area contributed by atoms with Crippen LogP contribution in [-0.4, -0.2) is 78.7 Å². The first-order valence-corrected chi connectivity index (χ1v) is 9.18. The molecule has 1 saturated heterocycles. The minimum atomic E-state index is -0.307. The van der Waals surface area contributed by atoms with Gasteiger partial charge in [-0.25, -0.2) is 0 Å². The molecular weight excluding hydrogens is 368 g/mol. The van der Waals surface area contributed by atoms with Crippen LogP contribution in [-0.2, 0) is 14.4 Å². The number of nitrogens with one attached hydrogen (secondary N) is 1. The molecule has 0 spiro atoms. The second-order valence-electron chi connectivity index (χ2n) is 6.43. The third-order valence-electron chi connectivity index (χ3n) is 4.36. The fourth-order valence-corrected chi connectivity index (χ4v) is 2.96. The molecule has 0 atom stereocenters. The van der Waals surface area contributed by atoms with Crippen LogP contribution < -0.4 is 5.32 Å². The largest absolute Gasteiger partial charge is 0.340 e. The van der Waals surface area contributed by atoms with Crippen molar-refractivity contribution in [1.29, 1.82) is 0 Å². The van der Waals surface area contributed by atoms with Crippen molar-refractivity contribution in [1.82, 2.24) is 14.7 Å². The number of anilines is 1. The van der Waals surface area contributed by atoms with E-state index in [1.807, 2.05) is 4.90 Å². The molecule has 0 saturated carbocycles. The molecule has 1 N–H and O–H groups in total. The summed E-state index contributed by atoms with van der Waals surface area (Å²) in [6, 6.07) is 6.94. The lowest BCUT2D eigenvalue weighted by Gasteiger charge is -2.34. The first-order chi connectivity index (χ1) is 12.9. The highest BCUT2D eigenvalue weighted by Gasteiger charge is 2.23. The second kappa shape index (κ2) is 10.1. The van der Waals surface area contributed by atoms with E-state index < -0.39 is 0 Å². The third-order valence-corrected chi connectivity index (χ3v) is 4.69. The fraction of sp³-hybridized carbons (Fsp3) is 0.421. The summed E-state index contributed by atoms with van der Waals surface area (Å²) in [4.78, 5) is 41.5. The van der Waals surface area contributed by atoms with Crippen LogP contribution in [0.3, 0.4) is 0 Å². The zero-order valence-corrected chi connectivity index (χ0v) is 16.2. The lowest BCUT2D eigenvalue weighted by atomic mass is 10.2. The summed E-state index contributed by atoms with van der Waals surface area (Å²) in [6.45, 7) is 6.20. The molecule has 7 nitrogen and oxygen atoms in total. The maximum Gasteiger partial charge on any atom is 0.244 e. The molecule has 0 unspecified atom stereocenters. The molecule has 146 valence electrons. The van der Waals surface area contributed by atoms with E-state index in [0.717, 1.165) is 0 Å². The van der Waals surface area contributed by atoms with Gasteiger partial charge in [0.2, 0.25) is 17.7 Å². The molecule has 1 aromatic rings. The van der Waals surface area contributed by atoms with Gasteiger partial charge >= 0.3 is 0 Å². The van der Waals surface area contributed by atoms with Gasteiger partial charge in [-0.3, -0.25) is 19.3 Å². The van der Waals surface area contributed by atoms with Gasteiger partial charge in [-0.05, 0) is 12.1 Å². The number of para-hydroxylation sites is 1. The van der Waals surface area contributed by atoms with Crippen LogP contribution in [0.4, 0.5) is 5.69 Å². The molecule has 1 fully saturated rings. The number of nitrogens with zero attached hydrogens (tertiary/aromatic N) is 3. The molecule has 1 aliphatic heterocycles. The minimum Gasteiger partial charge on any atom is -0.340 e. The predicted molar refractivity (Wildman–Crippen MR) is 106 cm³/mol. The number of benzene rings is 1. The Bertz CT molecular complexity index is 702. The first kappa shape index (κ1) is 20.9. The number of amides is 3. The maximum absolute atomic E-state index is 12.4. The van der Waals surface area contributed by atoms with Gasteiger partial charge in [-0.15, -0.1) is 6.58 Å². The number of halogens is 1. The van der Waals surface area contributed by atoms with E-state index in [0.29, 0.717) is 43.3 Å². The van der Waals surface area contributed by atoms with Crippen LogP contribution in [0.5, 0.6) is 0 Å². The van der Waals surface area contributed by atoms with Crippen molar-refractivity contribution in [3.8, 4) is 0 Å². The van der Waals surface area contributed by atoms with Crippen molar-refractivity contribution >= 4 is 35.0 Å². The Balaban J connectivity index is 1.76. The first-order valence-electron chi connectivity index (χ1n) is 8.80. The Morgan fingerprint density at radius 2 is 1.89 bits per heavy atom. The van der Waals surface area contributed by atoms with Gasteiger partial charge in [-0.1, -0.05) is 29.8 Å². The Labute approximate surface area is 164 Å². The summed E-state index contributed by atoms with van der Waals surface area (Å²) in [5, 5.41) is 3.15. The van der Waals surface area contributed by atoms with Crippen LogP contribution in [0.2, 0.25) is 5.02 Å². The molecule has 1 heterocycles. The average Bonchev–Trinajstić information content (AvgIpc) is 2.64. The van der Waals surface area contributed by atoms with E-state index in [1.54, 1.807) is 42.3 Å². The quantitative estimate of drug-likeness (QED) is 0.713. The molecule has 0 bridgehead atoms. The normalized spacial score (nSPS) is 14.5. The molecule has 1 aliphatic rings. The van der Waals surface area contributed by atoms with Gasteiger partial charge in [0, 0.05) is 39.6 Å². The molecule has 27 heavy (non-hydrogen) atoms. The number of hydrogen-bond acceptors (Lipinski definition) is 4. The summed E-state index contributed by atoms with van der Waals surface area (Å²) in [5.74, 6) is -0.390. The van der Waals surface area contributed by atoms with Gasteiger partial charge < -0.3 is 15.1 Å². The lowest BCUT2D eigenvalue weighted by molar-refractivity contribution is -0.136. The van der Waals surface area contributed by atoms with Crippen molar-refractivity contribution in [2.45, 2.75) is 6.42 Å². The zero-order valence-electron chi connectivity index (χ0n) is 15.5. The smallest absolute Gasteiger partial charge is 0.244 e. The van der Waals surface area contributed by atoms with Crippen molar-refractivity contribution in [3.63, 3.8) is 0 Å². The van der Waals surface area contributed by atoms with Gasteiger partial charge in [-0.2, -0.15) is 0 Å². The average molecular weight is 393 g/mol. The predicted octanol–water partition coefficient (Wildman–Crippen LogP) is 1.46. The van der Waals surface area contributed by atoms with Gasteiger partial charge in [0.05, 0.1) is 23.8 Å². The molecule has 0 radical (unpaired) electrons. The Hall–Kier alpha value is -2.38. The van der Waals surface area contributed by atoms with Crippen LogP contribution >= 0.6 is 11.6 Å². The van der Waals surface area contributed by atoms with Crippen molar-refractivity contribution in [2.24, 2.45) is 0 Å². The highest BCUT2D eigenvalue weighted by molar-refractivity contribution is 6.33. The summed E-state index contributed by atoms with van der Waals surface area (Å²) >= 11 is 6.01. The van der Waals surface area contributed by atoms with E-state index in [4.69, 9.17) is 11.6 Å². The molecular formula is C19H25ClN4O3. The number of piperazine rings is 1. The Morgan fingerprint density at radius 1 is 1.22 bits per heavy atom. The van der Waals surface area contributed by atoms with Crippen LogP contribution in [0.1, 0.15) is 6.42 Å². The van der Waals surface area contributed by atoms with Crippen molar-refractivity contribution in [3.05, 3.63) is 41.9 Å². The van der Waals surface area contributed by atoms with E-state index in [2.05, 4.69) is 11.9 Å². The van der Waals surface area contributed by atoms with E-state index in [1.165, 1.54) is 4.90 Å². The number of hydrogen-bond donors (Lipinski definition) is 1. The van der Waals surface area contributed by atoms with Gasteiger partial charge in [0.25, 0.3) is 0 Å². The SMILES string of the molecule is C=CCC(=O)N1CCN(CC(=O)N(C)CC(=O)Nc2ccccc2Cl)CC1. The highest BCUT2D eigenvalue weighted by Crippen LogP contribution is 2.20. The zero-order chi connectivity index (χ0) is 19.8. The van der Waals surface area contributed by atoms with E-state index in [-0.39, 0.29) is 30.8 Å². The van der Waals surface area contributed by atoms with Crippen molar-refractivity contribution in [2.75, 3.05) is 51.6 Å². The minimum absolute atomic E-state index is 0.0537. The summed E-state index contributed by atoms with van der Waals surface area (Å²) in [6.07, 6.45) is 1.93. The standard InChI is InChI=1S/C19H25ClN4O3/c1-3-6-18(26)24-11-9-23(10-12-24)14-19(27)22(2)13-17(25)21-16-8-5-4-7-15(16)20/h3-5,7-8H,1,6,9-14H2,2H3,(H,21,25). The topological polar surface area (TPSA) is 73.0 Å². The Morgan fingerprint density at radius 3 is 2.52 bits per heavy atom. The second-order valence-corrected chi connectivity index (χ2v) is 6.83. The number of carbonyl (C=O) groups excluding carboxylic acids is 3. The van der Waals surface area contributed by atoms with E-state index >= 15 is 0 Å². The van der Waals surface area contributed by atoms with Gasteiger partial charge in [0.1, 0.15) is 0 Å². The number of rotatable bonds is 7. The molecule has 2 rings (SSSR count). The lowest BCUT2D eigenvalue weighted by Crippen LogP contribution is -2.51. The Kier molecular flexibility index (Phi) is 7.82. The monoisotopic (exact) mass is 392 g/mol. The van der Waals surface area contributed by atoms with Crippen LogP contribution in [0, 0.1) is 0 Å². The maximum atomic E-state index is 12.4. The third kappa shape index (κ3) is 6.37. The molecule has 8 heteroatoms. The summed E-state index contributed by atoms with van der Waals surface area (Å²) in [5.41, 5.74) is 0.519. The van der Waals surface area contributed by atoms with Crippen molar-refractivity contribution < 1.29 is 14.4 Å². The molecule has 1 aromatic carbocycles. The van der Waals surface area contributed by atoms with Crippen LogP contribution in [0.25, 0.3) is 0 Å². The van der Waals surface area contributed by atoms with E-state index in [9.17, 15) is 14.4 Å². The van der Waals surface area contributed by atoms with Gasteiger partial charge in [0.15, 0.2) is 0 Å².